The van der Waals surface area contributed by atoms with Crippen LogP contribution in [-0.2, 0) is 0 Å². The predicted molar refractivity (Wildman–Crippen MR) is 88.6 cm³/mol. The SMILES string of the molecule is Cc1ccccc1OCCN(C)C(=O)c1ccc(C(N)=O)cc1. The highest BCUT2D eigenvalue weighted by atomic mass is 16.5. The number of primary amides is 1. The van der Waals surface area contributed by atoms with Crippen LogP contribution in [0.3, 0.4) is 0 Å². The molecule has 0 aromatic heterocycles. The third-order valence-electron chi connectivity index (χ3n) is 3.54. The van der Waals surface area contributed by atoms with E-state index in [2.05, 4.69) is 0 Å². The van der Waals surface area contributed by atoms with E-state index in [1.54, 1.807) is 36.2 Å². The van der Waals surface area contributed by atoms with Crippen LogP contribution in [0.2, 0.25) is 0 Å². The molecule has 0 bridgehead atoms. The van der Waals surface area contributed by atoms with Crippen LogP contribution in [0.4, 0.5) is 0 Å². The van der Waals surface area contributed by atoms with E-state index in [0.717, 1.165) is 11.3 Å². The predicted octanol–water partition coefficient (Wildman–Crippen LogP) is 2.24. The number of nitrogens with zero attached hydrogens (tertiary/aromatic N) is 1. The van der Waals surface area contributed by atoms with E-state index in [0.29, 0.717) is 24.3 Å². The molecule has 0 saturated carbocycles. The lowest BCUT2D eigenvalue weighted by molar-refractivity contribution is 0.0773. The van der Waals surface area contributed by atoms with Gasteiger partial charge in [-0.25, -0.2) is 0 Å². The smallest absolute Gasteiger partial charge is 0.253 e. The van der Waals surface area contributed by atoms with Crippen molar-refractivity contribution < 1.29 is 14.3 Å². The molecule has 0 fully saturated rings. The zero-order chi connectivity index (χ0) is 16.8. The molecule has 2 N–H and O–H groups in total. The van der Waals surface area contributed by atoms with Gasteiger partial charge < -0.3 is 15.4 Å². The molecular formula is C18H20N2O3. The van der Waals surface area contributed by atoms with Crippen molar-refractivity contribution in [1.29, 1.82) is 0 Å². The van der Waals surface area contributed by atoms with E-state index in [9.17, 15) is 9.59 Å². The van der Waals surface area contributed by atoms with Crippen molar-refractivity contribution in [3.8, 4) is 5.75 Å². The number of para-hydroxylation sites is 1. The fraction of sp³-hybridized carbons (Fsp3) is 0.222. The minimum absolute atomic E-state index is 0.130. The molecule has 23 heavy (non-hydrogen) atoms. The van der Waals surface area contributed by atoms with Crippen LogP contribution in [0.15, 0.2) is 48.5 Å². The molecule has 0 saturated heterocycles. The highest BCUT2D eigenvalue weighted by molar-refractivity contribution is 5.97. The van der Waals surface area contributed by atoms with Gasteiger partial charge in [-0.15, -0.1) is 0 Å². The van der Waals surface area contributed by atoms with Gasteiger partial charge in [0.05, 0.1) is 6.54 Å². The van der Waals surface area contributed by atoms with Crippen LogP contribution in [0, 0.1) is 6.92 Å². The summed E-state index contributed by atoms with van der Waals surface area (Å²) >= 11 is 0. The number of carbonyl (C=O) groups excluding carboxylic acids is 2. The number of benzene rings is 2. The Hall–Kier alpha value is -2.82. The Morgan fingerprint density at radius 1 is 1.04 bits per heavy atom. The summed E-state index contributed by atoms with van der Waals surface area (Å²) < 4.78 is 5.69. The van der Waals surface area contributed by atoms with Crippen molar-refractivity contribution >= 4 is 11.8 Å². The third kappa shape index (κ3) is 4.32. The molecule has 0 aliphatic rings. The maximum Gasteiger partial charge on any atom is 0.253 e. The Labute approximate surface area is 135 Å². The topological polar surface area (TPSA) is 72.6 Å². The summed E-state index contributed by atoms with van der Waals surface area (Å²) in [4.78, 5) is 24.9. The molecule has 0 radical (unpaired) electrons. The summed E-state index contributed by atoms with van der Waals surface area (Å²) in [6.07, 6.45) is 0. The summed E-state index contributed by atoms with van der Waals surface area (Å²) in [5, 5.41) is 0. The molecular weight excluding hydrogens is 292 g/mol. The van der Waals surface area contributed by atoms with Crippen LogP contribution in [0.25, 0.3) is 0 Å². The number of likely N-dealkylation sites (N-methyl/N-ethyl adjacent to an activating group) is 1. The van der Waals surface area contributed by atoms with Crippen LogP contribution >= 0.6 is 0 Å². The highest BCUT2D eigenvalue weighted by Gasteiger charge is 2.12. The number of carbonyl (C=O) groups is 2. The maximum atomic E-state index is 12.3. The molecule has 5 nitrogen and oxygen atoms in total. The van der Waals surface area contributed by atoms with E-state index in [1.807, 2.05) is 31.2 Å². The highest BCUT2D eigenvalue weighted by Crippen LogP contribution is 2.16. The molecule has 0 aliphatic heterocycles. The molecule has 0 atom stereocenters. The van der Waals surface area contributed by atoms with Gasteiger partial charge in [0, 0.05) is 18.2 Å². The van der Waals surface area contributed by atoms with Crippen molar-refractivity contribution in [1.82, 2.24) is 4.90 Å². The average molecular weight is 312 g/mol. The second-order valence-corrected chi connectivity index (χ2v) is 5.28. The van der Waals surface area contributed by atoms with Gasteiger partial charge in [0.1, 0.15) is 12.4 Å². The number of hydrogen-bond donors (Lipinski definition) is 1. The molecule has 0 aliphatic carbocycles. The average Bonchev–Trinajstić information content (AvgIpc) is 2.56. The van der Waals surface area contributed by atoms with E-state index in [-0.39, 0.29) is 5.91 Å². The maximum absolute atomic E-state index is 12.3. The van der Waals surface area contributed by atoms with Crippen molar-refractivity contribution in [3.63, 3.8) is 0 Å². The first kappa shape index (κ1) is 16.5. The van der Waals surface area contributed by atoms with Crippen LogP contribution in [-0.4, -0.2) is 36.9 Å². The Morgan fingerprint density at radius 2 is 1.65 bits per heavy atom. The monoisotopic (exact) mass is 312 g/mol. The van der Waals surface area contributed by atoms with Gasteiger partial charge in [-0.05, 0) is 42.8 Å². The minimum atomic E-state index is -0.510. The number of nitrogens with two attached hydrogens (primary N) is 1. The summed E-state index contributed by atoms with van der Waals surface area (Å²) in [6.45, 7) is 2.85. The van der Waals surface area contributed by atoms with Gasteiger partial charge in [-0.1, -0.05) is 18.2 Å². The first-order chi connectivity index (χ1) is 11.0. The van der Waals surface area contributed by atoms with E-state index in [4.69, 9.17) is 10.5 Å². The van der Waals surface area contributed by atoms with Crippen LogP contribution in [0.1, 0.15) is 26.3 Å². The molecule has 5 heteroatoms. The molecule has 120 valence electrons. The first-order valence-electron chi connectivity index (χ1n) is 7.33. The Balaban J connectivity index is 1.90. The van der Waals surface area contributed by atoms with Crippen LogP contribution < -0.4 is 10.5 Å². The fourth-order valence-corrected chi connectivity index (χ4v) is 2.11. The Bertz CT molecular complexity index is 696. The van der Waals surface area contributed by atoms with E-state index >= 15 is 0 Å². The lowest BCUT2D eigenvalue weighted by atomic mass is 10.1. The summed E-state index contributed by atoms with van der Waals surface area (Å²) in [7, 11) is 1.71. The standard InChI is InChI=1S/C18H20N2O3/c1-13-5-3-4-6-16(13)23-12-11-20(2)18(22)15-9-7-14(8-10-15)17(19)21/h3-10H,11-12H2,1-2H3,(H2,19,21). The number of amides is 2. The molecule has 0 spiro atoms. The zero-order valence-corrected chi connectivity index (χ0v) is 13.3. The van der Waals surface area contributed by atoms with Crippen molar-refractivity contribution in [2.75, 3.05) is 20.2 Å². The van der Waals surface area contributed by atoms with Gasteiger partial charge in [0.25, 0.3) is 5.91 Å². The summed E-state index contributed by atoms with van der Waals surface area (Å²) in [5.74, 6) is 0.178. The normalized spacial score (nSPS) is 10.2. The number of rotatable bonds is 6. The Kier molecular flexibility index (Phi) is 5.36. The summed E-state index contributed by atoms with van der Waals surface area (Å²) in [6, 6.07) is 14.0. The van der Waals surface area contributed by atoms with E-state index < -0.39 is 5.91 Å². The molecule has 2 aromatic carbocycles. The van der Waals surface area contributed by atoms with Crippen molar-refractivity contribution in [3.05, 3.63) is 65.2 Å². The molecule has 2 aromatic rings. The van der Waals surface area contributed by atoms with Crippen molar-refractivity contribution in [2.45, 2.75) is 6.92 Å². The quantitative estimate of drug-likeness (QED) is 0.889. The van der Waals surface area contributed by atoms with Gasteiger partial charge in [-0.2, -0.15) is 0 Å². The lowest BCUT2D eigenvalue weighted by Gasteiger charge is -2.18. The largest absolute Gasteiger partial charge is 0.491 e. The first-order valence-corrected chi connectivity index (χ1v) is 7.33. The molecule has 0 heterocycles. The van der Waals surface area contributed by atoms with Gasteiger partial charge in [0.2, 0.25) is 5.91 Å². The molecule has 2 rings (SSSR count). The van der Waals surface area contributed by atoms with Gasteiger partial charge >= 0.3 is 0 Å². The Morgan fingerprint density at radius 3 is 2.26 bits per heavy atom. The third-order valence-corrected chi connectivity index (χ3v) is 3.54. The van der Waals surface area contributed by atoms with Gasteiger partial charge in [0.15, 0.2) is 0 Å². The second kappa shape index (κ2) is 7.45. The second-order valence-electron chi connectivity index (χ2n) is 5.28. The van der Waals surface area contributed by atoms with Crippen molar-refractivity contribution in [2.24, 2.45) is 5.73 Å². The fourth-order valence-electron chi connectivity index (χ4n) is 2.11. The molecule has 0 unspecified atom stereocenters. The van der Waals surface area contributed by atoms with Crippen LogP contribution in [0.5, 0.6) is 5.75 Å². The summed E-state index contributed by atoms with van der Waals surface area (Å²) in [5.41, 5.74) is 7.13. The van der Waals surface area contributed by atoms with Gasteiger partial charge in [-0.3, -0.25) is 9.59 Å². The number of aryl methyl sites for hydroxylation is 1. The number of ether oxygens (including phenoxy) is 1. The lowest BCUT2D eigenvalue weighted by Crippen LogP contribution is -2.31. The minimum Gasteiger partial charge on any atom is -0.491 e. The zero-order valence-electron chi connectivity index (χ0n) is 13.3. The molecule has 2 amide bonds. The van der Waals surface area contributed by atoms with E-state index in [1.165, 1.54) is 0 Å². The number of hydrogen-bond acceptors (Lipinski definition) is 3.